The van der Waals surface area contributed by atoms with Gasteiger partial charge in [0.1, 0.15) is 11.5 Å². The van der Waals surface area contributed by atoms with E-state index in [1.165, 1.54) is 44.1 Å². The summed E-state index contributed by atoms with van der Waals surface area (Å²) in [6, 6.07) is 10.00. The number of esters is 1. The van der Waals surface area contributed by atoms with Gasteiger partial charge in [-0.3, -0.25) is 9.36 Å². The van der Waals surface area contributed by atoms with Gasteiger partial charge in [0.2, 0.25) is 5.75 Å². The second-order valence-electron chi connectivity index (χ2n) is 9.46. The fourth-order valence-corrected chi connectivity index (χ4v) is 6.16. The lowest BCUT2D eigenvalue weighted by molar-refractivity contribution is -0.139. The molecule has 4 aromatic rings. The summed E-state index contributed by atoms with van der Waals surface area (Å²) in [6.45, 7) is 3.50. The molecule has 0 aliphatic carbocycles. The molecule has 0 fully saturated rings. The molecular weight excluding hydrogens is 612 g/mol. The summed E-state index contributed by atoms with van der Waals surface area (Å²) in [4.78, 5) is 43.7. The Hall–Kier alpha value is -4.81. The molecule has 11 nitrogen and oxygen atoms in total. The molecule has 1 aliphatic heterocycles. The Labute approximate surface area is 259 Å². The lowest BCUT2D eigenvalue weighted by Gasteiger charge is -2.26. The van der Waals surface area contributed by atoms with Gasteiger partial charge in [-0.1, -0.05) is 22.9 Å². The quantitative estimate of drug-likeness (QED) is 0.264. The molecule has 1 aliphatic rings. The van der Waals surface area contributed by atoms with E-state index in [0.29, 0.717) is 55.4 Å². The van der Waals surface area contributed by atoms with Crippen molar-refractivity contribution in [3.05, 3.63) is 95.3 Å². The van der Waals surface area contributed by atoms with E-state index in [4.69, 9.17) is 35.0 Å². The van der Waals surface area contributed by atoms with Crippen LogP contribution in [0.25, 0.3) is 17.4 Å². The number of hydrogen-bond acceptors (Lipinski definition) is 10. The zero-order chi connectivity index (χ0) is 31.7. The van der Waals surface area contributed by atoms with E-state index in [1.807, 2.05) is 0 Å². The number of fused-ring (bicyclic) bond motifs is 1. The van der Waals surface area contributed by atoms with Crippen molar-refractivity contribution in [1.29, 1.82) is 0 Å². The van der Waals surface area contributed by atoms with Crippen LogP contribution in [0.4, 0.5) is 0 Å². The van der Waals surface area contributed by atoms with Crippen LogP contribution in [-0.2, 0) is 9.53 Å². The second-order valence-corrected chi connectivity index (χ2v) is 10.9. The van der Waals surface area contributed by atoms with E-state index >= 15 is 0 Å². The lowest BCUT2D eigenvalue weighted by Crippen LogP contribution is -2.40. The van der Waals surface area contributed by atoms with Crippen LogP contribution in [0.3, 0.4) is 0 Å². The summed E-state index contributed by atoms with van der Waals surface area (Å²) in [5, 5.41) is 9.68. The largest absolute Gasteiger partial charge is 0.493 e. The number of rotatable bonds is 9. The number of benzene rings is 2. The molecule has 3 heterocycles. The van der Waals surface area contributed by atoms with E-state index in [2.05, 4.69) is 4.99 Å². The van der Waals surface area contributed by atoms with Gasteiger partial charge in [0.25, 0.3) is 5.56 Å². The predicted octanol–water partition coefficient (Wildman–Crippen LogP) is 4.44. The Balaban J connectivity index is 1.68. The number of nitrogens with zero attached hydrogens (tertiary/aromatic N) is 2. The van der Waals surface area contributed by atoms with Gasteiger partial charge in [-0.05, 0) is 61.9 Å². The molecule has 2 aromatic carbocycles. The molecule has 13 heteroatoms. The molecule has 1 atom stereocenters. The van der Waals surface area contributed by atoms with Crippen molar-refractivity contribution < 1.29 is 38.1 Å². The molecule has 0 spiro atoms. The molecule has 5 rings (SSSR count). The standard InChI is InChI=1S/C31H27ClN2O9S/c1-6-42-30(38)25-15(2)33-31-34(26(25)17-12-22(39-3)27(41-5)23(13-17)40-4)28(35)24(44-31)14-18-8-10-21(43-18)19-11-16(29(36)37)7-9-20(19)32/h7-14,26H,6H2,1-5H3,(H,36,37)/b24-14-/t26-/m1/s1. The van der Waals surface area contributed by atoms with Crippen LogP contribution >= 0.6 is 22.9 Å². The first-order valence-electron chi connectivity index (χ1n) is 13.2. The molecule has 1 N–H and O–H groups in total. The monoisotopic (exact) mass is 638 g/mol. The fraction of sp³-hybridized carbons (Fsp3) is 0.226. The van der Waals surface area contributed by atoms with Gasteiger partial charge in [0.05, 0.1) is 60.4 Å². The van der Waals surface area contributed by atoms with Crippen molar-refractivity contribution >= 4 is 41.0 Å². The van der Waals surface area contributed by atoms with Crippen LogP contribution in [0.5, 0.6) is 17.2 Å². The van der Waals surface area contributed by atoms with Crippen molar-refractivity contribution in [2.24, 2.45) is 4.99 Å². The average molecular weight is 639 g/mol. The third-order valence-electron chi connectivity index (χ3n) is 6.90. The second kappa shape index (κ2) is 12.4. The molecule has 44 heavy (non-hydrogen) atoms. The molecule has 0 saturated carbocycles. The normalized spacial score (nSPS) is 14.6. The van der Waals surface area contributed by atoms with E-state index < -0.39 is 23.5 Å². The van der Waals surface area contributed by atoms with Crippen LogP contribution in [0.15, 0.2) is 67.9 Å². The highest BCUT2D eigenvalue weighted by Crippen LogP contribution is 2.42. The van der Waals surface area contributed by atoms with E-state index in [9.17, 15) is 19.5 Å². The Bertz CT molecular complexity index is 1980. The number of carboxylic acids is 1. The minimum atomic E-state index is -1.10. The van der Waals surface area contributed by atoms with Gasteiger partial charge < -0.3 is 28.5 Å². The number of halogens is 1. The van der Waals surface area contributed by atoms with Crippen molar-refractivity contribution in [3.8, 4) is 28.6 Å². The first kappa shape index (κ1) is 30.6. The number of aromatic nitrogens is 1. The van der Waals surface area contributed by atoms with Crippen LogP contribution in [-0.4, -0.2) is 49.5 Å². The highest BCUT2D eigenvalue weighted by atomic mass is 35.5. The SMILES string of the molecule is CCOC(=O)C1=C(C)N=c2s/c(=C\c3ccc(-c4cc(C(=O)O)ccc4Cl)o3)c(=O)n2[C@@H]1c1cc(OC)c(OC)c(OC)c1. The van der Waals surface area contributed by atoms with Gasteiger partial charge in [0.15, 0.2) is 16.3 Å². The predicted molar refractivity (Wildman–Crippen MR) is 163 cm³/mol. The highest BCUT2D eigenvalue weighted by Gasteiger charge is 2.34. The van der Waals surface area contributed by atoms with Gasteiger partial charge >= 0.3 is 11.9 Å². The third kappa shape index (κ3) is 5.49. The Morgan fingerprint density at radius 3 is 2.41 bits per heavy atom. The number of aromatic carboxylic acids is 1. The summed E-state index contributed by atoms with van der Waals surface area (Å²) in [6.07, 6.45) is 1.55. The Kier molecular flexibility index (Phi) is 8.66. The molecule has 2 aromatic heterocycles. The van der Waals surface area contributed by atoms with Crippen molar-refractivity contribution in [2.75, 3.05) is 27.9 Å². The summed E-state index contributed by atoms with van der Waals surface area (Å²) in [5.41, 5.74) is 1.11. The van der Waals surface area contributed by atoms with Crippen LogP contribution < -0.4 is 29.1 Å². The topological polar surface area (TPSA) is 139 Å². The summed E-state index contributed by atoms with van der Waals surface area (Å²) in [7, 11) is 4.43. The molecule has 0 radical (unpaired) electrons. The Morgan fingerprint density at radius 2 is 1.80 bits per heavy atom. The minimum absolute atomic E-state index is 0.0511. The summed E-state index contributed by atoms with van der Waals surface area (Å²) in [5.74, 6) is -0.0215. The molecule has 228 valence electrons. The fourth-order valence-electron chi connectivity index (χ4n) is 4.92. The van der Waals surface area contributed by atoms with Gasteiger partial charge in [-0.2, -0.15) is 0 Å². The number of furan rings is 1. The van der Waals surface area contributed by atoms with Gasteiger partial charge in [0, 0.05) is 11.6 Å². The first-order valence-corrected chi connectivity index (χ1v) is 14.4. The van der Waals surface area contributed by atoms with E-state index in [-0.39, 0.29) is 22.3 Å². The van der Waals surface area contributed by atoms with Crippen LogP contribution in [0, 0.1) is 0 Å². The molecule has 0 unspecified atom stereocenters. The van der Waals surface area contributed by atoms with Gasteiger partial charge in [-0.15, -0.1) is 0 Å². The number of carbonyl (C=O) groups excluding carboxylic acids is 1. The number of thiazole rings is 1. The van der Waals surface area contributed by atoms with Gasteiger partial charge in [-0.25, -0.2) is 14.6 Å². The minimum Gasteiger partial charge on any atom is -0.493 e. The number of carbonyl (C=O) groups is 2. The molecule has 0 amide bonds. The molecule has 0 bridgehead atoms. The van der Waals surface area contributed by atoms with E-state index in [0.717, 1.165) is 11.3 Å². The van der Waals surface area contributed by atoms with Crippen LogP contribution in [0.1, 0.15) is 41.6 Å². The van der Waals surface area contributed by atoms with Crippen molar-refractivity contribution in [2.45, 2.75) is 19.9 Å². The zero-order valence-electron chi connectivity index (χ0n) is 24.3. The number of hydrogen-bond donors (Lipinski definition) is 1. The average Bonchev–Trinajstić information content (AvgIpc) is 3.59. The first-order chi connectivity index (χ1) is 21.1. The number of ether oxygens (including phenoxy) is 4. The maximum Gasteiger partial charge on any atom is 0.338 e. The zero-order valence-corrected chi connectivity index (χ0v) is 25.9. The maximum absolute atomic E-state index is 14.0. The van der Waals surface area contributed by atoms with Crippen molar-refractivity contribution in [3.63, 3.8) is 0 Å². The van der Waals surface area contributed by atoms with E-state index in [1.54, 1.807) is 44.2 Å². The number of methoxy groups -OCH3 is 3. The summed E-state index contributed by atoms with van der Waals surface area (Å²) < 4.78 is 29.6. The third-order valence-corrected chi connectivity index (χ3v) is 8.21. The molecular formula is C31H27ClN2O9S. The lowest BCUT2D eigenvalue weighted by atomic mass is 9.95. The summed E-state index contributed by atoms with van der Waals surface area (Å²) >= 11 is 7.43. The highest BCUT2D eigenvalue weighted by molar-refractivity contribution is 7.07. The molecule has 0 saturated heterocycles. The van der Waals surface area contributed by atoms with Crippen LogP contribution in [0.2, 0.25) is 5.02 Å². The Morgan fingerprint density at radius 1 is 1.09 bits per heavy atom. The van der Waals surface area contributed by atoms with Crippen molar-refractivity contribution in [1.82, 2.24) is 4.57 Å². The smallest absolute Gasteiger partial charge is 0.338 e. The maximum atomic E-state index is 14.0. The number of allylic oxidation sites excluding steroid dienone is 1. The number of carboxylic acid groups (broad SMARTS) is 1.